The third-order valence-corrected chi connectivity index (χ3v) is 4.35. The second-order valence-electron chi connectivity index (χ2n) is 5.75. The second kappa shape index (κ2) is 6.41. The summed E-state index contributed by atoms with van der Waals surface area (Å²) in [6.07, 6.45) is 5.26. The molecule has 2 saturated heterocycles. The van der Waals surface area contributed by atoms with E-state index in [0.717, 1.165) is 52.0 Å². The summed E-state index contributed by atoms with van der Waals surface area (Å²) in [5, 5.41) is 3.38. The third kappa shape index (κ3) is 3.04. The minimum Gasteiger partial charge on any atom is -0.363 e. The maximum absolute atomic E-state index is 12.6. The lowest BCUT2D eigenvalue weighted by Gasteiger charge is -2.27. The summed E-state index contributed by atoms with van der Waals surface area (Å²) >= 11 is 0. The quantitative estimate of drug-likeness (QED) is 0.865. The number of aromatic amines is 1. The average Bonchev–Trinajstić information content (AvgIpc) is 3.07. The Morgan fingerprint density at radius 2 is 2.20 bits per heavy atom. The van der Waals surface area contributed by atoms with Crippen molar-refractivity contribution >= 4 is 5.91 Å². The molecule has 0 spiro atoms. The van der Waals surface area contributed by atoms with Crippen LogP contribution in [0.4, 0.5) is 0 Å². The molecule has 2 N–H and O–H groups in total. The lowest BCUT2D eigenvalue weighted by Crippen LogP contribution is -2.41. The number of carbonyl (C=O) groups is 1. The molecule has 2 aliphatic rings. The number of amides is 1. The molecule has 0 aromatic carbocycles. The van der Waals surface area contributed by atoms with Crippen molar-refractivity contribution in [3.8, 4) is 0 Å². The van der Waals surface area contributed by atoms with Gasteiger partial charge in [0.05, 0.1) is 12.6 Å². The Balaban J connectivity index is 1.61. The summed E-state index contributed by atoms with van der Waals surface area (Å²) in [4.78, 5) is 20.2. The molecule has 1 aromatic heterocycles. The van der Waals surface area contributed by atoms with Crippen molar-refractivity contribution in [2.45, 2.75) is 25.3 Å². The van der Waals surface area contributed by atoms with Crippen LogP contribution in [0.25, 0.3) is 0 Å². The zero-order valence-electron chi connectivity index (χ0n) is 12.0. The van der Waals surface area contributed by atoms with Gasteiger partial charge in [-0.3, -0.25) is 9.69 Å². The van der Waals surface area contributed by atoms with Crippen LogP contribution < -0.4 is 5.32 Å². The van der Waals surface area contributed by atoms with E-state index in [-0.39, 0.29) is 11.9 Å². The topological polar surface area (TPSA) is 51.4 Å². The predicted octanol–water partition coefficient (Wildman–Crippen LogP) is 0.973. The standard InChI is InChI=1S/C15H24N4O/c20-15(12-18-9-3-6-16-8-11-18)19-10-2-5-14(19)13-4-1-7-17-13/h1,4,7,14,16-17H,2-3,5-6,8-12H2. The van der Waals surface area contributed by atoms with Gasteiger partial charge in [0.1, 0.15) is 0 Å². The van der Waals surface area contributed by atoms with Gasteiger partial charge >= 0.3 is 0 Å². The number of hydrogen-bond acceptors (Lipinski definition) is 3. The Morgan fingerprint density at radius 1 is 1.25 bits per heavy atom. The van der Waals surface area contributed by atoms with Crippen molar-refractivity contribution in [3.63, 3.8) is 0 Å². The van der Waals surface area contributed by atoms with Crippen LogP contribution in [-0.2, 0) is 4.79 Å². The fourth-order valence-corrected chi connectivity index (χ4v) is 3.28. The smallest absolute Gasteiger partial charge is 0.237 e. The van der Waals surface area contributed by atoms with Gasteiger partial charge in [0.25, 0.3) is 0 Å². The molecule has 2 aliphatic heterocycles. The lowest BCUT2D eigenvalue weighted by molar-refractivity contribution is -0.133. The molecule has 0 saturated carbocycles. The van der Waals surface area contributed by atoms with Gasteiger partial charge in [-0.05, 0) is 44.5 Å². The summed E-state index contributed by atoms with van der Waals surface area (Å²) in [6, 6.07) is 4.35. The molecule has 3 heterocycles. The van der Waals surface area contributed by atoms with Crippen LogP contribution in [0.3, 0.4) is 0 Å². The van der Waals surface area contributed by atoms with Gasteiger partial charge in [-0.1, -0.05) is 0 Å². The molecule has 1 aromatic rings. The van der Waals surface area contributed by atoms with E-state index in [1.165, 1.54) is 5.69 Å². The van der Waals surface area contributed by atoms with Gasteiger partial charge in [-0.15, -0.1) is 0 Å². The lowest BCUT2D eigenvalue weighted by atomic mass is 10.1. The minimum atomic E-state index is 0.252. The second-order valence-corrected chi connectivity index (χ2v) is 5.75. The normalized spacial score (nSPS) is 24.8. The highest BCUT2D eigenvalue weighted by Crippen LogP contribution is 2.30. The van der Waals surface area contributed by atoms with E-state index >= 15 is 0 Å². The monoisotopic (exact) mass is 276 g/mol. The van der Waals surface area contributed by atoms with Crippen molar-refractivity contribution in [1.82, 2.24) is 20.1 Å². The molecule has 0 bridgehead atoms. The third-order valence-electron chi connectivity index (χ3n) is 4.35. The highest BCUT2D eigenvalue weighted by atomic mass is 16.2. The Hall–Kier alpha value is -1.33. The Bertz CT molecular complexity index is 423. The van der Waals surface area contributed by atoms with Crippen LogP contribution in [0, 0.1) is 0 Å². The molecule has 20 heavy (non-hydrogen) atoms. The van der Waals surface area contributed by atoms with Crippen molar-refractivity contribution < 1.29 is 4.79 Å². The Morgan fingerprint density at radius 3 is 3.05 bits per heavy atom. The first-order chi connectivity index (χ1) is 9.84. The average molecular weight is 276 g/mol. The Kier molecular flexibility index (Phi) is 4.38. The molecule has 0 radical (unpaired) electrons. The van der Waals surface area contributed by atoms with E-state index in [0.29, 0.717) is 6.54 Å². The van der Waals surface area contributed by atoms with Crippen LogP contribution in [0.15, 0.2) is 18.3 Å². The number of aromatic nitrogens is 1. The number of hydrogen-bond donors (Lipinski definition) is 2. The first-order valence-corrected chi connectivity index (χ1v) is 7.70. The van der Waals surface area contributed by atoms with Crippen molar-refractivity contribution in [3.05, 3.63) is 24.0 Å². The predicted molar refractivity (Wildman–Crippen MR) is 78.4 cm³/mol. The van der Waals surface area contributed by atoms with E-state index in [1.807, 2.05) is 12.3 Å². The summed E-state index contributed by atoms with van der Waals surface area (Å²) in [7, 11) is 0. The zero-order valence-corrected chi connectivity index (χ0v) is 12.0. The van der Waals surface area contributed by atoms with Crippen molar-refractivity contribution in [2.24, 2.45) is 0 Å². The van der Waals surface area contributed by atoms with Crippen LogP contribution in [0.5, 0.6) is 0 Å². The molecule has 5 heteroatoms. The maximum atomic E-state index is 12.6. The first kappa shape index (κ1) is 13.6. The highest BCUT2D eigenvalue weighted by Gasteiger charge is 2.31. The number of nitrogens with zero attached hydrogens (tertiary/aromatic N) is 2. The van der Waals surface area contributed by atoms with Crippen LogP contribution >= 0.6 is 0 Å². The maximum Gasteiger partial charge on any atom is 0.237 e. The molecule has 0 aliphatic carbocycles. The summed E-state index contributed by atoms with van der Waals surface area (Å²) in [6.45, 7) is 5.53. The molecular weight excluding hydrogens is 252 g/mol. The molecular formula is C15H24N4O. The largest absolute Gasteiger partial charge is 0.363 e. The van der Waals surface area contributed by atoms with Gasteiger partial charge in [-0.25, -0.2) is 0 Å². The number of nitrogens with one attached hydrogen (secondary N) is 2. The summed E-state index contributed by atoms with van der Waals surface area (Å²) < 4.78 is 0. The van der Waals surface area contributed by atoms with Gasteiger partial charge in [0.15, 0.2) is 0 Å². The molecule has 3 rings (SSSR count). The number of rotatable bonds is 3. The molecule has 1 amide bonds. The fraction of sp³-hybridized carbons (Fsp3) is 0.667. The molecule has 1 unspecified atom stereocenters. The van der Waals surface area contributed by atoms with E-state index in [9.17, 15) is 4.79 Å². The van der Waals surface area contributed by atoms with Crippen LogP contribution in [-0.4, -0.2) is 60.0 Å². The van der Waals surface area contributed by atoms with Crippen molar-refractivity contribution in [2.75, 3.05) is 39.3 Å². The zero-order chi connectivity index (χ0) is 13.8. The first-order valence-electron chi connectivity index (χ1n) is 7.70. The molecule has 5 nitrogen and oxygen atoms in total. The number of likely N-dealkylation sites (tertiary alicyclic amines) is 1. The van der Waals surface area contributed by atoms with E-state index < -0.39 is 0 Å². The molecule has 110 valence electrons. The van der Waals surface area contributed by atoms with Crippen molar-refractivity contribution in [1.29, 1.82) is 0 Å². The minimum absolute atomic E-state index is 0.252. The summed E-state index contributed by atoms with van der Waals surface area (Å²) in [5.74, 6) is 0.281. The van der Waals surface area contributed by atoms with Crippen LogP contribution in [0.1, 0.15) is 31.0 Å². The number of carbonyl (C=O) groups excluding carboxylic acids is 1. The number of H-pyrrole nitrogens is 1. The van der Waals surface area contributed by atoms with Gasteiger partial charge in [0.2, 0.25) is 5.91 Å². The van der Waals surface area contributed by atoms with Crippen LogP contribution in [0.2, 0.25) is 0 Å². The Labute approximate surface area is 120 Å². The molecule has 2 fully saturated rings. The SMILES string of the molecule is O=C(CN1CCCNCC1)N1CCCC1c1ccc[nH]1. The fourth-order valence-electron chi connectivity index (χ4n) is 3.28. The highest BCUT2D eigenvalue weighted by molar-refractivity contribution is 5.79. The van der Waals surface area contributed by atoms with E-state index in [1.54, 1.807) is 0 Å². The van der Waals surface area contributed by atoms with Gasteiger partial charge in [0, 0.05) is 31.5 Å². The van der Waals surface area contributed by atoms with E-state index in [4.69, 9.17) is 0 Å². The van der Waals surface area contributed by atoms with E-state index in [2.05, 4.69) is 26.2 Å². The molecule has 1 atom stereocenters. The van der Waals surface area contributed by atoms with Gasteiger partial charge in [-0.2, -0.15) is 0 Å². The summed E-state index contributed by atoms with van der Waals surface area (Å²) in [5.41, 5.74) is 1.17. The van der Waals surface area contributed by atoms with Gasteiger partial charge < -0.3 is 15.2 Å².